The number of benzene rings is 2. The van der Waals surface area contributed by atoms with Crippen LogP contribution in [0.2, 0.25) is 0 Å². The second-order valence-corrected chi connectivity index (χ2v) is 9.09. The topological polar surface area (TPSA) is 113 Å². The second kappa shape index (κ2) is 9.71. The first kappa shape index (κ1) is 23.4. The van der Waals surface area contributed by atoms with Crippen molar-refractivity contribution in [1.29, 1.82) is 0 Å². The van der Waals surface area contributed by atoms with Crippen LogP contribution in [0.3, 0.4) is 0 Å². The lowest BCUT2D eigenvalue weighted by Gasteiger charge is -2.34. The fourth-order valence-corrected chi connectivity index (χ4v) is 4.63. The van der Waals surface area contributed by atoms with Crippen molar-refractivity contribution in [3.05, 3.63) is 78.3 Å². The fourth-order valence-electron chi connectivity index (χ4n) is 4.63. The van der Waals surface area contributed by atoms with Gasteiger partial charge in [-0.25, -0.2) is 0 Å². The summed E-state index contributed by atoms with van der Waals surface area (Å²) in [7, 11) is 2.13. The van der Waals surface area contributed by atoms with Crippen molar-refractivity contribution in [2.24, 2.45) is 5.73 Å². The maximum Gasteiger partial charge on any atom is 0.260 e. The van der Waals surface area contributed by atoms with Crippen molar-refractivity contribution >= 4 is 34.7 Å². The summed E-state index contributed by atoms with van der Waals surface area (Å²) in [5.74, 6) is -1.37. The quantitative estimate of drug-likeness (QED) is 0.365. The molecular formula is C27H28N6O3. The monoisotopic (exact) mass is 484 g/mol. The fraction of sp³-hybridized carbons (Fsp3) is 0.222. The third kappa shape index (κ3) is 4.73. The van der Waals surface area contributed by atoms with E-state index in [2.05, 4.69) is 39.6 Å². The third-order valence-corrected chi connectivity index (χ3v) is 6.57. The molecule has 1 aromatic heterocycles. The molecule has 3 aromatic rings. The third-order valence-electron chi connectivity index (χ3n) is 6.57. The van der Waals surface area contributed by atoms with Crippen molar-refractivity contribution in [2.45, 2.75) is 6.54 Å². The minimum atomic E-state index is -0.461. The number of imide groups is 1. The molecule has 9 heteroatoms. The van der Waals surface area contributed by atoms with Crippen molar-refractivity contribution < 1.29 is 14.4 Å². The van der Waals surface area contributed by atoms with Crippen molar-refractivity contribution in [3.63, 3.8) is 0 Å². The number of anilines is 2. The molecule has 0 atom stereocenters. The summed E-state index contributed by atoms with van der Waals surface area (Å²) in [6.07, 6.45) is 5.12. The average molecular weight is 485 g/mol. The Balaban J connectivity index is 1.40. The summed E-state index contributed by atoms with van der Waals surface area (Å²) in [4.78, 5) is 41.5. The molecule has 0 bridgehead atoms. The molecular weight excluding hydrogens is 456 g/mol. The highest BCUT2D eigenvalue weighted by Crippen LogP contribution is 2.33. The number of aromatic nitrogens is 1. The maximum absolute atomic E-state index is 12.8. The molecule has 0 aliphatic carbocycles. The number of hydrogen-bond acceptors (Lipinski definition) is 6. The highest BCUT2D eigenvalue weighted by molar-refractivity contribution is 6.32. The zero-order chi connectivity index (χ0) is 25.2. The van der Waals surface area contributed by atoms with Crippen LogP contribution in [0.4, 0.5) is 11.4 Å². The molecule has 1 fully saturated rings. The van der Waals surface area contributed by atoms with Crippen molar-refractivity contribution in [3.8, 4) is 11.1 Å². The second-order valence-electron chi connectivity index (χ2n) is 9.09. The normalized spacial score (nSPS) is 17.1. The van der Waals surface area contributed by atoms with Crippen LogP contribution in [0.25, 0.3) is 16.7 Å². The molecule has 184 valence electrons. The molecule has 4 N–H and O–H groups in total. The van der Waals surface area contributed by atoms with Gasteiger partial charge in [0.15, 0.2) is 0 Å². The van der Waals surface area contributed by atoms with Crippen LogP contribution in [0.5, 0.6) is 0 Å². The summed E-state index contributed by atoms with van der Waals surface area (Å²) in [6.45, 7) is 4.11. The Labute approximate surface area is 209 Å². The standard InChI is InChI=1S/C27H28N6O3/c1-31-11-13-33(14-12-31)20-7-5-19(6-8-20)29-15-23-22-4-2-3-21(25(22)27(36)30-26(23)35)18-9-10-32(16-18)17-24(28)34/h2-10,15-16,29H,11-14,17H2,1H3,(H2,28,34)(H,30,35,36). The Hall–Kier alpha value is -4.37. The van der Waals surface area contributed by atoms with Gasteiger partial charge >= 0.3 is 0 Å². The molecule has 2 aliphatic rings. The number of carbonyl (C=O) groups excluding carboxylic acids is 3. The van der Waals surface area contributed by atoms with E-state index in [9.17, 15) is 14.4 Å². The Kier molecular flexibility index (Phi) is 6.30. The number of nitrogens with zero attached hydrogens (tertiary/aromatic N) is 3. The molecule has 2 aromatic carbocycles. The molecule has 3 heterocycles. The summed E-state index contributed by atoms with van der Waals surface area (Å²) in [5, 5.41) is 5.66. The molecule has 0 spiro atoms. The number of piperazine rings is 1. The lowest BCUT2D eigenvalue weighted by molar-refractivity contribution is -0.118. The van der Waals surface area contributed by atoms with Crippen molar-refractivity contribution in [1.82, 2.24) is 14.8 Å². The predicted octanol–water partition coefficient (Wildman–Crippen LogP) is 2.12. The number of carbonyl (C=O) groups is 3. The SMILES string of the molecule is CN1CCN(c2ccc(NC=C3C(=O)NC(=O)c4c3cccc4-c3ccn(CC(N)=O)c3)cc2)CC1. The Morgan fingerprint density at radius 1 is 1.00 bits per heavy atom. The number of likely N-dealkylation sites (N-methyl/N-ethyl adjacent to an activating group) is 1. The largest absolute Gasteiger partial charge is 0.369 e. The van der Waals surface area contributed by atoms with Gasteiger partial charge in [0.05, 0.1) is 11.1 Å². The molecule has 1 saturated heterocycles. The summed E-state index contributed by atoms with van der Waals surface area (Å²) in [6, 6.07) is 15.3. The molecule has 0 radical (unpaired) electrons. The van der Waals surface area contributed by atoms with Gasteiger partial charge in [0.2, 0.25) is 5.91 Å². The van der Waals surface area contributed by atoms with E-state index in [1.165, 1.54) is 5.69 Å². The lowest BCUT2D eigenvalue weighted by atomic mass is 9.89. The highest BCUT2D eigenvalue weighted by Gasteiger charge is 2.30. The molecule has 9 nitrogen and oxygen atoms in total. The summed E-state index contributed by atoms with van der Waals surface area (Å²) in [5.41, 5.74) is 10.0. The van der Waals surface area contributed by atoms with Crippen LogP contribution in [0.1, 0.15) is 15.9 Å². The first-order valence-electron chi connectivity index (χ1n) is 11.8. The molecule has 0 unspecified atom stereocenters. The van der Waals surface area contributed by atoms with E-state index in [0.717, 1.165) is 37.4 Å². The van der Waals surface area contributed by atoms with Gasteiger partial charge in [0, 0.05) is 67.3 Å². The van der Waals surface area contributed by atoms with Gasteiger partial charge in [-0.05, 0) is 42.9 Å². The Bertz CT molecular complexity index is 1350. The van der Waals surface area contributed by atoms with Gasteiger partial charge in [0.25, 0.3) is 11.8 Å². The average Bonchev–Trinajstić information content (AvgIpc) is 3.32. The van der Waals surface area contributed by atoms with Gasteiger partial charge < -0.3 is 25.4 Å². The van der Waals surface area contributed by atoms with Crippen LogP contribution in [0.15, 0.2) is 67.1 Å². The number of nitrogens with one attached hydrogen (secondary N) is 2. The maximum atomic E-state index is 12.8. The molecule has 0 saturated carbocycles. The van der Waals surface area contributed by atoms with E-state index < -0.39 is 17.7 Å². The minimum absolute atomic E-state index is 0.0440. The molecule has 2 aliphatic heterocycles. The van der Waals surface area contributed by atoms with E-state index in [4.69, 9.17) is 5.73 Å². The van der Waals surface area contributed by atoms with Crippen LogP contribution < -0.4 is 21.3 Å². The Morgan fingerprint density at radius 3 is 2.44 bits per heavy atom. The number of primary amides is 1. The zero-order valence-corrected chi connectivity index (χ0v) is 20.0. The van der Waals surface area contributed by atoms with Crippen LogP contribution in [0, 0.1) is 0 Å². The summed E-state index contributed by atoms with van der Waals surface area (Å²) < 4.78 is 1.66. The first-order valence-corrected chi connectivity index (χ1v) is 11.8. The smallest absolute Gasteiger partial charge is 0.260 e. The van der Waals surface area contributed by atoms with E-state index >= 15 is 0 Å². The predicted molar refractivity (Wildman–Crippen MR) is 139 cm³/mol. The summed E-state index contributed by atoms with van der Waals surface area (Å²) >= 11 is 0. The van der Waals surface area contributed by atoms with Crippen LogP contribution in [-0.2, 0) is 16.1 Å². The number of fused-ring (bicyclic) bond motifs is 1. The van der Waals surface area contributed by atoms with Crippen LogP contribution >= 0.6 is 0 Å². The van der Waals surface area contributed by atoms with E-state index in [1.54, 1.807) is 29.2 Å². The highest BCUT2D eigenvalue weighted by atomic mass is 16.2. The number of nitrogens with two attached hydrogens (primary N) is 1. The first-order chi connectivity index (χ1) is 17.4. The van der Waals surface area contributed by atoms with E-state index in [1.807, 2.05) is 30.3 Å². The van der Waals surface area contributed by atoms with Gasteiger partial charge in [-0.2, -0.15) is 0 Å². The van der Waals surface area contributed by atoms with Gasteiger partial charge in [0.1, 0.15) is 6.54 Å². The lowest BCUT2D eigenvalue weighted by Crippen LogP contribution is -2.44. The molecule has 5 rings (SSSR count). The minimum Gasteiger partial charge on any atom is -0.369 e. The number of rotatable bonds is 6. The molecule has 3 amide bonds. The van der Waals surface area contributed by atoms with E-state index in [0.29, 0.717) is 22.3 Å². The molecule has 36 heavy (non-hydrogen) atoms. The van der Waals surface area contributed by atoms with Crippen molar-refractivity contribution in [2.75, 3.05) is 43.4 Å². The van der Waals surface area contributed by atoms with E-state index in [-0.39, 0.29) is 6.54 Å². The van der Waals surface area contributed by atoms with Gasteiger partial charge in [-0.1, -0.05) is 18.2 Å². The van der Waals surface area contributed by atoms with Gasteiger partial charge in [-0.3, -0.25) is 19.7 Å². The van der Waals surface area contributed by atoms with Gasteiger partial charge in [-0.15, -0.1) is 0 Å². The number of hydrogen-bond donors (Lipinski definition) is 3. The zero-order valence-electron chi connectivity index (χ0n) is 20.0. The Morgan fingerprint density at radius 2 is 1.72 bits per heavy atom. The number of amides is 3. The van der Waals surface area contributed by atoms with Crippen LogP contribution in [-0.4, -0.2) is 60.4 Å².